The van der Waals surface area contributed by atoms with E-state index in [2.05, 4.69) is 35.4 Å². The quantitative estimate of drug-likeness (QED) is 0.468. The molecule has 2 unspecified atom stereocenters. The van der Waals surface area contributed by atoms with Crippen LogP contribution in [-0.4, -0.2) is 24.7 Å². The number of H-pyrrole nitrogens is 1. The molecule has 1 aromatic heterocycles. The third kappa shape index (κ3) is 5.61. The van der Waals surface area contributed by atoms with Gasteiger partial charge in [0.2, 0.25) is 0 Å². The third-order valence-corrected chi connectivity index (χ3v) is 5.40. The van der Waals surface area contributed by atoms with Crippen molar-refractivity contribution in [3.8, 4) is 0 Å². The topological polar surface area (TPSA) is 80.1 Å². The Bertz CT molecular complexity index is 1010. The smallest absolute Gasteiger partial charge is 0.191 e. The molecule has 2 aromatic carbocycles. The molecule has 0 fully saturated rings. The molecule has 4 N–H and O–H groups in total. The van der Waals surface area contributed by atoms with Gasteiger partial charge in [0.05, 0.1) is 18.2 Å². The molecule has 0 radical (unpaired) electrons. The number of anilines is 2. The number of aryl methyl sites for hydroxylation is 1. The average Bonchev–Trinajstić information content (AvgIpc) is 2.69. The van der Waals surface area contributed by atoms with Gasteiger partial charge in [0.25, 0.3) is 0 Å². The standard InChI is InChI=1S/C24H31N3O2/c1-16(12-18-10-9-17(2)21(25)13-18)8-11-19(15-29-3)26-24-14-23(28)20-6-4-5-7-22(20)27-24/h4-7,9-10,13-14,16,19H,8,11-12,15,25H2,1-3H3,(H2,26,27,28). The second-order valence-corrected chi connectivity index (χ2v) is 7.97. The highest BCUT2D eigenvalue weighted by molar-refractivity contribution is 5.79. The maximum atomic E-state index is 12.4. The molecule has 0 aliphatic rings. The van der Waals surface area contributed by atoms with Gasteiger partial charge in [-0.05, 0) is 61.4 Å². The second-order valence-electron chi connectivity index (χ2n) is 7.97. The number of benzene rings is 2. The number of nitrogens with one attached hydrogen (secondary N) is 2. The molecule has 0 aliphatic heterocycles. The normalized spacial score (nSPS) is 13.3. The lowest BCUT2D eigenvalue weighted by atomic mass is 9.94. The van der Waals surface area contributed by atoms with Gasteiger partial charge in [-0.15, -0.1) is 0 Å². The number of aromatic amines is 1. The zero-order valence-corrected chi connectivity index (χ0v) is 17.5. The monoisotopic (exact) mass is 393 g/mol. The fourth-order valence-corrected chi connectivity index (χ4v) is 3.70. The third-order valence-electron chi connectivity index (χ3n) is 5.40. The first kappa shape index (κ1) is 20.9. The van der Waals surface area contributed by atoms with Gasteiger partial charge in [-0.3, -0.25) is 4.79 Å². The summed E-state index contributed by atoms with van der Waals surface area (Å²) in [6, 6.07) is 15.6. The second kappa shape index (κ2) is 9.61. The van der Waals surface area contributed by atoms with Crippen molar-refractivity contribution in [1.29, 1.82) is 0 Å². The van der Waals surface area contributed by atoms with Crippen LogP contribution in [0, 0.1) is 12.8 Å². The fraction of sp³-hybridized carbons (Fsp3) is 0.375. The van der Waals surface area contributed by atoms with Gasteiger partial charge in [-0.2, -0.15) is 0 Å². The van der Waals surface area contributed by atoms with Crippen LogP contribution in [0.15, 0.2) is 53.3 Å². The van der Waals surface area contributed by atoms with Gasteiger partial charge in [-0.1, -0.05) is 31.2 Å². The number of pyridine rings is 1. The lowest BCUT2D eigenvalue weighted by Gasteiger charge is -2.21. The minimum absolute atomic E-state index is 0.0170. The molecule has 3 aromatic rings. The van der Waals surface area contributed by atoms with Gasteiger partial charge < -0.3 is 20.8 Å². The predicted octanol–water partition coefficient (Wildman–Crippen LogP) is 4.50. The Hall–Kier alpha value is -2.79. The van der Waals surface area contributed by atoms with Crippen LogP contribution in [0.2, 0.25) is 0 Å². The van der Waals surface area contributed by atoms with Crippen LogP contribution >= 0.6 is 0 Å². The zero-order valence-electron chi connectivity index (χ0n) is 17.5. The van der Waals surface area contributed by atoms with E-state index < -0.39 is 0 Å². The molecular formula is C24H31N3O2. The van der Waals surface area contributed by atoms with Crippen LogP contribution < -0.4 is 16.5 Å². The van der Waals surface area contributed by atoms with Crippen LogP contribution in [-0.2, 0) is 11.2 Å². The van der Waals surface area contributed by atoms with Crippen molar-refractivity contribution in [2.24, 2.45) is 5.92 Å². The first-order valence-electron chi connectivity index (χ1n) is 10.2. The summed E-state index contributed by atoms with van der Waals surface area (Å²) in [5, 5.41) is 4.15. The number of para-hydroxylation sites is 1. The van der Waals surface area contributed by atoms with Gasteiger partial charge in [0, 0.05) is 24.2 Å². The van der Waals surface area contributed by atoms with Crippen LogP contribution in [0.4, 0.5) is 11.5 Å². The Morgan fingerprint density at radius 3 is 2.69 bits per heavy atom. The summed E-state index contributed by atoms with van der Waals surface area (Å²) < 4.78 is 5.40. The zero-order chi connectivity index (χ0) is 20.8. The molecule has 0 saturated carbocycles. The highest BCUT2D eigenvalue weighted by atomic mass is 16.5. The number of hydrogen-bond donors (Lipinski definition) is 3. The summed E-state index contributed by atoms with van der Waals surface area (Å²) in [5.74, 6) is 1.25. The van der Waals surface area contributed by atoms with Crippen LogP contribution in [0.5, 0.6) is 0 Å². The predicted molar refractivity (Wildman–Crippen MR) is 122 cm³/mol. The van der Waals surface area contributed by atoms with Gasteiger partial charge in [0.1, 0.15) is 5.82 Å². The number of methoxy groups -OCH3 is 1. The van der Waals surface area contributed by atoms with Gasteiger partial charge in [-0.25, -0.2) is 0 Å². The lowest BCUT2D eigenvalue weighted by Crippen LogP contribution is -2.27. The number of nitrogens with two attached hydrogens (primary N) is 1. The summed E-state index contributed by atoms with van der Waals surface area (Å²) in [6.45, 7) is 4.87. The van der Waals surface area contributed by atoms with Crippen molar-refractivity contribution in [3.63, 3.8) is 0 Å². The van der Waals surface area contributed by atoms with Gasteiger partial charge in [0.15, 0.2) is 5.43 Å². The molecule has 3 rings (SSSR count). The number of aromatic nitrogens is 1. The highest BCUT2D eigenvalue weighted by Gasteiger charge is 2.13. The number of fused-ring (bicyclic) bond motifs is 1. The van der Waals surface area contributed by atoms with Crippen LogP contribution in [0.3, 0.4) is 0 Å². The summed E-state index contributed by atoms with van der Waals surface area (Å²) in [6.07, 6.45) is 2.99. The van der Waals surface area contributed by atoms with E-state index in [0.29, 0.717) is 17.9 Å². The summed E-state index contributed by atoms with van der Waals surface area (Å²) in [4.78, 5) is 15.7. The average molecular weight is 394 g/mol. The Morgan fingerprint density at radius 1 is 1.14 bits per heavy atom. The maximum absolute atomic E-state index is 12.4. The first-order chi connectivity index (χ1) is 14.0. The van der Waals surface area contributed by atoms with E-state index in [1.165, 1.54) is 5.56 Å². The summed E-state index contributed by atoms with van der Waals surface area (Å²) >= 11 is 0. The SMILES string of the molecule is COCC(CCC(C)Cc1ccc(C)c(N)c1)Nc1cc(=O)c2ccccc2[nH]1. The molecule has 1 heterocycles. The number of hydrogen-bond acceptors (Lipinski definition) is 4. The summed E-state index contributed by atoms with van der Waals surface area (Å²) in [5.41, 5.74) is 10.1. The molecule has 0 amide bonds. The van der Waals surface area contributed by atoms with Crippen LogP contribution in [0.1, 0.15) is 30.9 Å². The Kier molecular flexibility index (Phi) is 6.94. The Labute approximate surface area is 172 Å². The van der Waals surface area contributed by atoms with Crippen molar-refractivity contribution in [1.82, 2.24) is 4.98 Å². The minimum atomic E-state index is 0.0170. The Balaban J connectivity index is 1.62. The minimum Gasteiger partial charge on any atom is -0.399 e. The molecule has 29 heavy (non-hydrogen) atoms. The molecule has 5 heteroatoms. The van der Waals surface area contributed by atoms with Crippen LogP contribution in [0.25, 0.3) is 10.9 Å². The summed E-state index contributed by atoms with van der Waals surface area (Å²) in [7, 11) is 1.70. The highest BCUT2D eigenvalue weighted by Crippen LogP contribution is 2.20. The first-order valence-corrected chi connectivity index (χ1v) is 10.2. The van der Waals surface area contributed by atoms with Crippen molar-refractivity contribution < 1.29 is 4.74 Å². The van der Waals surface area contributed by atoms with E-state index in [4.69, 9.17) is 10.5 Å². The molecule has 0 saturated heterocycles. The van der Waals surface area contributed by atoms with E-state index in [0.717, 1.165) is 41.8 Å². The molecule has 0 spiro atoms. The van der Waals surface area contributed by atoms with E-state index in [1.54, 1.807) is 13.2 Å². The number of ether oxygens (including phenoxy) is 1. The van der Waals surface area contributed by atoms with Crippen molar-refractivity contribution in [3.05, 3.63) is 69.9 Å². The van der Waals surface area contributed by atoms with E-state index >= 15 is 0 Å². The number of nitrogen functional groups attached to an aromatic ring is 1. The van der Waals surface area contributed by atoms with Gasteiger partial charge >= 0.3 is 0 Å². The molecule has 0 bridgehead atoms. The molecule has 0 aliphatic carbocycles. The molecule has 154 valence electrons. The fourth-order valence-electron chi connectivity index (χ4n) is 3.70. The van der Waals surface area contributed by atoms with E-state index in [-0.39, 0.29) is 11.5 Å². The van der Waals surface area contributed by atoms with E-state index in [9.17, 15) is 4.79 Å². The van der Waals surface area contributed by atoms with Crippen molar-refractivity contribution in [2.75, 3.05) is 24.8 Å². The van der Waals surface area contributed by atoms with E-state index in [1.807, 2.05) is 31.2 Å². The van der Waals surface area contributed by atoms with Crippen molar-refractivity contribution in [2.45, 2.75) is 39.2 Å². The van der Waals surface area contributed by atoms with Crippen molar-refractivity contribution >= 4 is 22.4 Å². The Morgan fingerprint density at radius 2 is 1.93 bits per heavy atom. The lowest BCUT2D eigenvalue weighted by molar-refractivity contribution is 0.180. The maximum Gasteiger partial charge on any atom is 0.191 e. The molecule has 5 nitrogen and oxygen atoms in total. The molecule has 2 atom stereocenters. The largest absolute Gasteiger partial charge is 0.399 e. The molecular weight excluding hydrogens is 362 g/mol. The number of rotatable bonds is 9.